The van der Waals surface area contributed by atoms with Crippen LogP contribution in [0.25, 0.3) is 11.0 Å². The van der Waals surface area contributed by atoms with Crippen molar-refractivity contribution in [2.45, 2.75) is 5.33 Å². The van der Waals surface area contributed by atoms with Crippen LogP contribution in [0.15, 0.2) is 28.9 Å². The fourth-order valence-electron chi connectivity index (χ4n) is 1.16. The molecule has 0 fully saturated rings. The lowest BCUT2D eigenvalue weighted by molar-refractivity contribution is 0.608. The third-order valence-corrected chi connectivity index (χ3v) is 2.40. The van der Waals surface area contributed by atoms with Crippen LogP contribution in [-0.4, -0.2) is 0 Å². The predicted octanol–water partition coefficient (Wildman–Crippen LogP) is 3.47. The fourth-order valence-corrected chi connectivity index (χ4v) is 1.59. The van der Waals surface area contributed by atoms with Gasteiger partial charge in [0, 0.05) is 5.33 Å². The van der Waals surface area contributed by atoms with Crippen LogP contribution in [0.2, 0.25) is 0 Å². The molecule has 1 heterocycles. The average Bonchev–Trinajstić information content (AvgIpc) is 2.53. The van der Waals surface area contributed by atoms with Gasteiger partial charge in [-0.25, -0.2) is 4.39 Å². The van der Waals surface area contributed by atoms with Crippen LogP contribution in [0.4, 0.5) is 4.39 Å². The zero-order chi connectivity index (χ0) is 8.55. The second-order valence-corrected chi connectivity index (χ2v) is 3.07. The summed E-state index contributed by atoms with van der Waals surface area (Å²) >= 11 is 3.21. The van der Waals surface area contributed by atoms with Gasteiger partial charge in [-0.05, 0) is 17.7 Å². The van der Waals surface area contributed by atoms with Gasteiger partial charge >= 0.3 is 0 Å². The minimum absolute atomic E-state index is 0.196. The molecule has 12 heavy (non-hydrogen) atoms. The van der Waals surface area contributed by atoms with Crippen molar-refractivity contribution in [1.82, 2.24) is 0 Å². The SMILES string of the molecule is Fc1c(CBr)ccc2occc12. The highest BCUT2D eigenvalue weighted by Crippen LogP contribution is 2.23. The largest absolute Gasteiger partial charge is 0.464 e. The molecule has 1 aromatic heterocycles. The summed E-state index contributed by atoms with van der Waals surface area (Å²) in [5.41, 5.74) is 1.25. The van der Waals surface area contributed by atoms with E-state index in [1.165, 1.54) is 6.26 Å². The third-order valence-electron chi connectivity index (χ3n) is 1.79. The Morgan fingerprint density at radius 2 is 2.17 bits per heavy atom. The van der Waals surface area contributed by atoms with E-state index >= 15 is 0 Å². The Kier molecular flexibility index (Phi) is 1.89. The van der Waals surface area contributed by atoms with Crippen LogP contribution in [0.1, 0.15) is 5.56 Å². The Bertz CT molecular complexity index is 408. The summed E-state index contributed by atoms with van der Waals surface area (Å²) in [6.07, 6.45) is 1.49. The molecule has 0 saturated carbocycles. The first-order valence-electron chi connectivity index (χ1n) is 3.53. The third kappa shape index (κ3) is 1.05. The molecular weight excluding hydrogens is 223 g/mol. The summed E-state index contributed by atoms with van der Waals surface area (Å²) in [5.74, 6) is -0.196. The van der Waals surface area contributed by atoms with Crippen molar-refractivity contribution in [2.24, 2.45) is 0 Å². The van der Waals surface area contributed by atoms with Gasteiger partial charge in [0.15, 0.2) is 0 Å². The number of halogens is 2. The molecule has 1 aromatic carbocycles. The summed E-state index contributed by atoms with van der Waals surface area (Å²) in [6.45, 7) is 0. The maximum Gasteiger partial charge on any atom is 0.138 e. The van der Waals surface area contributed by atoms with Crippen LogP contribution < -0.4 is 0 Å². The van der Waals surface area contributed by atoms with Crippen molar-refractivity contribution in [3.05, 3.63) is 35.8 Å². The summed E-state index contributed by atoms with van der Waals surface area (Å²) in [7, 11) is 0. The number of furan rings is 1. The van der Waals surface area contributed by atoms with E-state index in [4.69, 9.17) is 4.42 Å². The second kappa shape index (κ2) is 2.90. The van der Waals surface area contributed by atoms with E-state index in [2.05, 4.69) is 15.9 Å². The van der Waals surface area contributed by atoms with Gasteiger partial charge < -0.3 is 4.42 Å². The summed E-state index contributed by atoms with van der Waals surface area (Å²) in [5, 5.41) is 1.08. The topological polar surface area (TPSA) is 13.1 Å². The number of hydrogen-bond acceptors (Lipinski definition) is 1. The van der Waals surface area contributed by atoms with Gasteiger partial charge in [0.2, 0.25) is 0 Å². The van der Waals surface area contributed by atoms with Gasteiger partial charge in [0.1, 0.15) is 11.4 Å². The van der Waals surface area contributed by atoms with Crippen LogP contribution >= 0.6 is 15.9 Å². The molecule has 3 heteroatoms. The normalized spacial score (nSPS) is 10.8. The number of fused-ring (bicyclic) bond motifs is 1. The Balaban J connectivity index is 2.78. The first-order chi connectivity index (χ1) is 5.83. The van der Waals surface area contributed by atoms with Crippen molar-refractivity contribution in [1.29, 1.82) is 0 Å². The maximum atomic E-state index is 13.4. The first-order valence-corrected chi connectivity index (χ1v) is 4.65. The summed E-state index contributed by atoms with van der Waals surface area (Å²) in [6, 6.07) is 5.13. The van der Waals surface area contributed by atoms with Gasteiger partial charge in [0.25, 0.3) is 0 Å². The molecule has 0 bridgehead atoms. The molecule has 0 aliphatic heterocycles. The molecule has 2 rings (SSSR count). The molecule has 0 radical (unpaired) electrons. The van der Waals surface area contributed by atoms with Gasteiger partial charge in [-0.15, -0.1) is 0 Å². The fraction of sp³-hybridized carbons (Fsp3) is 0.111. The molecule has 0 saturated heterocycles. The lowest BCUT2D eigenvalue weighted by Crippen LogP contribution is -1.84. The molecule has 0 aliphatic carbocycles. The molecule has 0 N–H and O–H groups in total. The molecule has 0 aliphatic rings. The lowest BCUT2D eigenvalue weighted by Gasteiger charge is -1.97. The van der Waals surface area contributed by atoms with Crippen molar-refractivity contribution in [3.63, 3.8) is 0 Å². The molecule has 1 nitrogen and oxygen atoms in total. The highest BCUT2D eigenvalue weighted by Gasteiger charge is 2.07. The lowest BCUT2D eigenvalue weighted by atomic mass is 10.2. The number of hydrogen-bond donors (Lipinski definition) is 0. The van der Waals surface area contributed by atoms with E-state index < -0.39 is 0 Å². The Labute approximate surface area is 77.3 Å². The standard InChI is InChI=1S/C9H6BrFO/c10-5-6-1-2-8-7(9(6)11)3-4-12-8/h1-4H,5H2. The Morgan fingerprint density at radius 1 is 1.33 bits per heavy atom. The van der Waals surface area contributed by atoms with Crippen LogP contribution in [0.3, 0.4) is 0 Å². The molecular formula is C9H6BrFO. The van der Waals surface area contributed by atoms with Crippen molar-refractivity contribution >= 4 is 26.9 Å². The molecule has 62 valence electrons. The highest BCUT2D eigenvalue weighted by atomic mass is 79.9. The van der Waals surface area contributed by atoms with Crippen molar-refractivity contribution < 1.29 is 8.81 Å². The zero-order valence-corrected chi connectivity index (χ0v) is 7.77. The van der Waals surface area contributed by atoms with Crippen LogP contribution in [0, 0.1) is 5.82 Å². The van der Waals surface area contributed by atoms with Gasteiger partial charge in [-0.1, -0.05) is 22.0 Å². The van der Waals surface area contributed by atoms with Gasteiger partial charge in [0.05, 0.1) is 11.6 Å². The van der Waals surface area contributed by atoms with Crippen molar-refractivity contribution in [3.8, 4) is 0 Å². The maximum absolute atomic E-state index is 13.4. The predicted molar refractivity (Wildman–Crippen MR) is 48.8 cm³/mol. The highest BCUT2D eigenvalue weighted by molar-refractivity contribution is 9.08. The van der Waals surface area contributed by atoms with E-state index in [0.29, 0.717) is 21.9 Å². The zero-order valence-electron chi connectivity index (χ0n) is 6.18. The monoisotopic (exact) mass is 228 g/mol. The average molecular weight is 229 g/mol. The van der Waals surface area contributed by atoms with Gasteiger partial charge in [-0.3, -0.25) is 0 Å². The number of benzene rings is 1. The molecule has 0 atom stereocenters. The molecule has 0 amide bonds. The number of rotatable bonds is 1. The van der Waals surface area contributed by atoms with E-state index in [9.17, 15) is 4.39 Å². The van der Waals surface area contributed by atoms with E-state index in [1.807, 2.05) is 0 Å². The van der Waals surface area contributed by atoms with E-state index in [1.54, 1.807) is 18.2 Å². The van der Waals surface area contributed by atoms with E-state index in [-0.39, 0.29) is 5.82 Å². The summed E-state index contributed by atoms with van der Waals surface area (Å²) < 4.78 is 18.5. The summed E-state index contributed by atoms with van der Waals surface area (Å²) in [4.78, 5) is 0. The van der Waals surface area contributed by atoms with Crippen LogP contribution in [0.5, 0.6) is 0 Å². The Hall–Kier alpha value is -0.830. The first kappa shape index (κ1) is 7.80. The van der Waals surface area contributed by atoms with Crippen molar-refractivity contribution in [2.75, 3.05) is 0 Å². The molecule has 0 unspecified atom stereocenters. The second-order valence-electron chi connectivity index (χ2n) is 2.50. The van der Waals surface area contributed by atoms with E-state index in [0.717, 1.165) is 0 Å². The number of alkyl halides is 1. The minimum atomic E-state index is -0.196. The smallest absolute Gasteiger partial charge is 0.138 e. The van der Waals surface area contributed by atoms with Crippen LogP contribution in [-0.2, 0) is 5.33 Å². The molecule has 2 aromatic rings. The molecule has 0 spiro atoms. The minimum Gasteiger partial charge on any atom is -0.464 e. The Morgan fingerprint density at radius 3 is 2.92 bits per heavy atom. The van der Waals surface area contributed by atoms with Gasteiger partial charge in [-0.2, -0.15) is 0 Å². The quantitative estimate of drug-likeness (QED) is 0.682.